The molecule has 1 aliphatic rings. The highest BCUT2D eigenvalue weighted by Crippen LogP contribution is 2.32. The van der Waals surface area contributed by atoms with E-state index in [4.69, 9.17) is 9.73 Å². The zero-order chi connectivity index (χ0) is 26.1. The Morgan fingerprint density at radius 3 is 2.36 bits per heavy atom. The maximum Gasteiger partial charge on any atom is 0.242 e. The number of anilines is 1. The van der Waals surface area contributed by atoms with Gasteiger partial charge in [-0.3, -0.25) is 19.3 Å². The molecule has 0 spiro atoms. The molecule has 8 heteroatoms. The van der Waals surface area contributed by atoms with Crippen molar-refractivity contribution in [3.05, 3.63) is 59.2 Å². The first kappa shape index (κ1) is 27.6. The monoisotopic (exact) mass is 509 g/mol. The van der Waals surface area contributed by atoms with Crippen LogP contribution in [0.3, 0.4) is 0 Å². The van der Waals surface area contributed by atoms with Gasteiger partial charge in [0.05, 0.1) is 5.69 Å². The summed E-state index contributed by atoms with van der Waals surface area (Å²) in [7, 11) is 0. The van der Waals surface area contributed by atoms with Gasteiger partial charge >= 0.3 is 0 Å². The van der Waals surface area contributed by atoms with Crippen molar-refractivity contribution in [2.75, 3.05) is 25.1 Å². The molecular formula is C28H35N3O4S. The molecule has 3 rings (SSSR count). The molecule has 1 atom stereocenters. The van der Waals surface area contributed by atoms with Gasteiger partial charge in [0.2, 0.25) is 11.8 Å². The van der Waals surface area contributed by atoms with Crippen molar-refractivity contribution in [3.8, 4) is 0 Å². The van der Waals surface area contributed by atoms with Crippen LogP contribution in [0.2, 0.25) is 0 Å². The van der Waals surface area contributed by atoms with Crippen molar-refractivity contribution in [3.63, 3.8) is 0 Å². The largest absolute Gasteiger partial charge is 0.381 e. The summed E-state index contributed by atoms with van der Waals surface area (Å²) in [5.41, 5.74) is 4.17. The number of aryl methyl sites for hydroxylation is 2. The lowest BCUT2D eigenvalue weighted by atomic mass is 10.1. The quantitative estimate of drug-likeness (QED) is 0.294. The summed E-state index contributed by atoms with van der Waals surface area (Å²) in [5.74, 6) is -0.405. The predicted molar refractivity (Wildman–Crippen MR) is 146 cm³/mol. The van der Waals surface area contributed by atoms with Gasteiger partial charge < -0.3 is 10.1 Å². The van der Waals surface area contributed by atoms with Gasteiger partial charge in [-0.2, -0.15) is 0 Å². The minimum atomic E-state index is -0.549. The third-order valence-corrected chi connectivity index (χ3v) is 6.89. The molecule has 0 aliphatic carbocycles. The highest BCUT2D eigenvalue weighted by molar-refractivity contribution is 8.15. The van der Waals surface area contributed by atoms with Crippen LogP contribution in [0.15, 0.2) is 47.5 Å². The molecule has 192 valence electrons. The highest BCUT2D eigenvalue weighted by Gasteiger charge is 2.39. The number of hydrogen-bond acceptors (Lipinski definition) is 6. The number of carbonyl (C=O) groups is 3. The van der Waals surface area contributed by atoms with E-state index in [1.807, 2.05) is 26.0 Å². The smallest absolute Gasteiger partial charge is 0.242 e. The average molecular weight is 510 g/mol. The maximum absolute atomic E-state index is 13.3. The van der Waals surface area contributed by atoms with Crippen LogP contribution in [-0.4, -0.2) is 52.7 Å². The van der Waals surface area contributed by atoms with Crippen LogP contribution in [-0.2, 0) is 14.3 Å². The van der Waals surface area contributed by atoms with Gasteiger partial charge in [-0.25, -0.2) is 4.99 Å². The molecule has 36 heavy (non-hydrogen) atoms. The maximum atomic E-state index is 13.3. The Labute approximate surface area is 217 Å². The standard InChI is InChI=1S/C28H35N3O4S/c1-5-6-13-35-14-7-12-31-27(34)25(36-28(31)30-24-16-19(2)15-20(3)17-24)18-26(33)29-23-10-8-22(9-11-23)21(4)32/h8-11,15-17,25H,5-7,12-14,18H2,1-4H3,(H,29,33). The number of amidine groups is 1. The first-order valence-corrected chi connectivity index (χ1v) is 13.3. The zero-order valence-corrected chi connectivity index (χ0v) is 22.3. The third-order valence-electron chi connectivity index (χ3n) is 5.71. The highest BCUT2D eigenvalue weighted by atomic mass is 32.2. The number of ketones is 1. The number of hydrogen-bond donors (Lipinski definition) is 1. The number of amides is 2. The molecule has 2 aromatic carbocycles. The van der Waals surface area contributed by atoms with E-state index < -0.39 is 5.25 Å². The van der Waals surface area contributed by atoms with E-state index in [0.717, 1.165) is 36.3 Å². The molecule has 0 radical (unpaired) electrons. The van der Waals surface area contributed by atoms with Crippen molar-refractivity contribution in [1.82, 2.24) is 4.90 Å². The summed E-state index contributed by atoms with van der Waals surface area (Å²) in [6.45, 7) is 9.45. The minimum Gasteiger partial charge on any atom is -0.381 e. The van der Waals surface area contributed by atoms with E-state index in [1.165, 1.54) is 18.7 Å². The summed E-state index contributed by atoms with van der Waals surface area (Å²) in [6, 6.07) is 12.8. The lowest BCUT2D eigenvalue weighted by Crippen LogP contribution is -2.34. The molecule has 2 amide bonds. The number of Topliss-reactive ketones (excluding diaryl/α,β-unsaturated/α-hetero) is 1. The van der Waals surface area contributed by atoms with Gasteiger partial charge in [-0.15, -0.1) is 0 Å². The van der Waals surface area contributed by atoms with Gasteiger partial charge in [-0.1, -0.05) is 31.2 Å². The van der Waals surface area contributed by atoms with Gasteiger partial charge in [-0.05, 0) is 81.1 Å². The van der Waals surface area contributed by atoms with Gasteiger partial charge in [0.15, 0.2) is 11.0 Å². The second kappa shape index (κ2) is 13.4. The first-order chi connectivity index (χ1) is 17.3. The van der Waals surface area contributed by atoms with Crippen molar-refractivity contribution in [1.29, 1.82) is 0 Å². The van der Waals surface area contributed by atoms with E-state index in [2.05, 4.69) is 18.3 Å². The number of rotatable bonds is 12. The Balaban J connectivity index is 1.69. The molecule has 1 fully saturated rings. The first-order valence-electron chi connectivity index (χ1n) is 12.4. The molecule has 0 bridgehead atoms. The van der Waals surface area contributed by atoms with E-state index in [0.29, 0.717) is 36.0 Å². The number of nitrogens with one attached hydrogen (secondary N) is 1. The SMILES string of the molecule is CCCCOCCCN1C(=O)C(CC(=O)Nc2ccc(C(C)=O)cc2)SC1=Nc1cc(C)cc(C)c1. The molecule has 0 saturated carbocycles. The van der Waals surface area contributed by atoms with E-state index in [1.54, 1.807) is 29.2 Å². The number of nitrogens with zero attached hydrogens (tertiary/aromatic N) is 2. The molecule has 1 N–H and O–H groups in total. The molecule has 0 aromatic heterocycles. The average Bonchev–Trinajstić information content (AvgIpc) is 3.09. The van der Waals surface area contributed by atoms with Crippen molar-refractivity contribution < 1.29 is 19.1 Å². The molecule has 1 unspecified atom stereocenters. The van der Waals surface area contributed by atoms with E-state index in [-0.39, 0.29) is 24.0 Å². The Kier molecular flexibility index (Phi) is 10.3. The van der Waals surface area contributed by atoms with Crippen LogP contribution >= 0.6 is 11.8 Å². The van der Waals surface area contributed by atoms with E-state index in [9.17, 15) is 14.4 Å². The van der Waals surface area contributed by atoms with Gasteiger partial charge in [0.1, 0.15) is 5.25 Å². The Bertz CT molecular complexity index is 1090. The lowest BCUT2D eigenvalue weighted by molar-refractivity contribution is -0.128. The Morgan fingerprint density at radius 2 is 1.72 bits per heavy atom. The third kappa shape index (κ3) is 8.03. The van der Waals surface area contributed by atoms with Gasteiger partial charge in [0, 0.05) is 37.4 Å². The number of benzene rings is 2. The number of thioether (sulfide) groups is 1. The number of ether oxygens (including phenoxy) is 1. The van der Waals surface area contributed by atoms with Crippen LogP contribution in [0.5, 0.6) is 0 Å². The number of unbranched alkanes of at least 4 members (excludes halogenated alkanes) is 1. The normalized spacial score (nSPS) is 16.6. The van der Waals surface area contributed by atoms with Crippen LogP contribution < -0.4 is 5.32 Å². The Hall–Kier alpha value is -2.97. The van der Waals surface area contributed by atoms with Crippen molar-refractivity contribution >= 4 is 45.9 Å². The molecule has 7 nitrogen and oxygen atoms in total. The fraction of sp³-hybridized carbons (Fsp3) is 0.429. The van der Waals surface area contributed by atoms with Crippen LogP contribution in [0.4, 0.5) is 11.4 Å². The molecule has 1 aliphatic heterocycles. The summed E-state index contributed by atoms with van der Waals surface area (Å²) in [5, 5.41) is 2.89. The summed E-state index contributed by atoms with van der Waals surface area (Å²) in [4.78, 5) is 44.0. The zero-order valence-electron chi connectivity index (χ0n) is 21.5. The topological polar surface area (TPSA) is 88.1 Å². The molecule has 1 saturated heterocycles. The van der Waals surface area contributed by atoms with Crippen molar-refractivity contribution in [2.45, 2.75) is 58.6 Å². The summed E-state index contributed by atoms with van der Waals surface area (Å²) >= 11 is 1.33. The molecule has 1 heterocycles. The lowest BCUT2D eigenvalue weighted by Gasteiger charge is -2.16. The van der Waals surface area contributed by atoms with E-state index >= 15 is 0 Å². The Morgan fingerprint density at radius 1 is 1.06 bits per heavy atom. The number of aliphatic imine (C=N–C) groups is 1. The second-order valence-electron chi connectivity index (χ2n) is 9.04. The fourth-order valence-corrected chi connectivity index (χ4v) is 5.08. The molecular weight excluding hydrogens is 474 g/mol. The van der Waals surface area contributed by atoms with Crippen LogP contribution in [0.25, 0.3) is 0 Å². The van der Waals surface area contributed by atoms with Gasteiger partial charge in [0.25, 0.3) is 0 Å². The fourth-order valence-electron chi connectivity index (χ4n) is 3.90. The second-order valence-corrected chi connectivity index (χ2v) is 10.2. The van der Waals surface area contributed by atoms with Crippen LogP contribution in [0, 0.1) is 13.8 Å². The summed E-state index contributed by atoms with van der Waals surface area (Å²) < 4.78 is 5.67. The molecule has 2 aromatic rings. The van der Waals surface area contributed by atoms with Crippen LogP contribution in [0.1, 0.15) is 61.0 Å². The summed E-state index contributed by atoms with van der Waals surface area (Å²) in [6.07, 6.45) is 2.84. The predicted octanol–water partition coefficient (Wildman–Crippen LogP) is 5.67. The number of carbonyl (C=O) groups excluding carboxylic acids is 3. The van der Waals surface area contributed by atoms with Crippen molar-refractivity contribution in [2.24, 2.45) is 4.99 Å². The minimum absolute atomic E-state index is 0.0349.